The highest BCUT2D eigenvalue weighted by Crippen LogP contribution is 2.30. The molecule has 0 saturated carbocycles. The largest absolute Gasteiger partial charge is 0.487 e. The molecule has 0 radical (unpaired) electrons. The average Bonchev–Trinajstić information content (AvgIpc) is 2.85. The number of hydrogen-bond acceptors (Lipinski definition) is 4. The minimum absolute atomic E-state index is 0.0185. The topological polar surface area (TPSA) is 49.9 Å². The van der Waals surface area contributed by atoms with Crippen LogP contribution in [-0.4, -0.2) is 55.9 Å². The van der Waals surface area contributed by atoms with Gasteiger partial charge in [0.25, 0.3) is 0 Å². The number of benzene rings is 3. The molecule has 0 aromatic heterocycles. The van der Waals surface area contributed by atoms with Crippen molar-refractivity contribution in [3.8, 4) is 5.75 Å². The molecule has 5 rings (SSSR count). The second-order valence-corrected chi connectivity index (χ2v) is 10.8. The van der Waals surface area contributed by atoms with Crippen LogP contribution >= 0.6 is 0 Å². The number of halogens is 1. The summed E-state index contributed by atoms with van der Waals surface area (Å²) in [6.07, 6.45) is 3.36. The van der Waals surface area contributed by atoms with E-state index >= 15 is 0 Å². The number of piperidine rings is 2. The second-order valence-electron chi connectivity index (χ2n) is 8.90. The van der Waals surface area contributed by atoms with E-state index in [2.05, 4.69) is 4.90 Å². The van der Waals surface area contributed by atoms with Crippen LogP contribution < -0.4 is 4.74 Å². The lowest BCUT2D eigenvalue weighted by molar-refractivity contribution is 0.0568. The van der Waals surface area contributed by atoms with E-state index in [4.69, 9.17) is 4.74 Å². The summed E-state index contributed by atoms with van der Waals surface area (Å²) in [7, 11) is -3.53. The molecule has 3 aromatic rings. The number of ether oxygens (including phenoxy) is 1. The molecule has 2 heterocycles. The van der Waals surface area contributed by atoms with E-state index in [1.54, 1.807) is 28.6 Å². The molecule has 33 heavy (non-hydrogen) atoms. The van der Waals surface area contributed by atoms with Crippen molar-refractivity contribution in [3.05, 3.63) is 72.5 Å². The Bertz CT molecular complexity index is 1210. The molecule has 174 valence electrons. The van der Waals surface area contributed by atoms with Gasteiger partial charge in [0.1, 0.15) is 6.10 Å². The normalized spacial score (nSPS) is 19.7. The van der Waals surface area contributed by atoms with Crippen LogP contribution in [0.2, 0.25) is 0 Å². The smallest absolute Gasteiger partial charge is 0.243 e. The lowest BCUT2D eigenvalue weighted by atomic mass is 10.00. The third kappa shape index (κ3) is 4.63. The van der Waals surface area contributed by atoms with Crippen LogP contribution in [0, 0.1) is 5.82 Å². The minimum Gasteiger partial charge on any atom is -0.487 e. The number of para-hydroxylation sites is 1. The molecule has 2 aliphatic rings. The van der Waals surface area contributed by atoms with Crippen LogP contribution in [0.25, 0.3) is 10.8 Å². The van der Waals surface area contributed by atoms with Crippen molar-refractivity contribution in [1.82, 2.24) is 9.21 Å². The van der Waals surface area contributed by atoms with Crippen LogP contribution in [0.1, 0.15) is 25.7 Å². The van der Waals surface area contributed by atoms with Gasteiger partial charge in [-0.05, 0) is 49.3 Å². The maximum atomic E-state index is 13.9. The van der Waals surface area contributed by atoms with Crippen molar-refractivity contribution in [2.75, 3.05) is 26.2 Å². The summed E-state index contributed by atoms with van der Waals surface area (Å²) >= 11 is 0. The second kappa shape index (κ2) is 9.41. The van der Waals surface area contributed by atoms with Crippen molar-refractivity contribution < 1.29 is 17.5 Å². The molecule has 7 heteroatoms. The number of fused-ring (bicyclic) bond motifs is 1. The molecule has 2 fully saturated rings. The third-order valence-corrected chi connectivity index (χ3v) is 8.87. The first-order valence-corrected chi connectivity index (χ1v) is 13.1. The summed E-state index contributed by atoms with van der Waals surface area (Å²) in [4.78, 5) is 2.84. The predicted octanol–water partition coefficient (Wildman–Crippen LogP) is 4.68. The summed E-state index contributed by atoms with van der Waals surface area (Å²) in [5.41, 5.74) is 0. The average molecular weight is 469 g/mol. The number of nitrogens with zero attached hydrogens (tertiary/aromatic N) is 2. The van der Waals surface area contributed by atoms with Gasteiger partial charge in [0.2, 0.25) is 10.0 Å². The monoisotopic (exact) mass is 468 g/mol. The molecule has 0 amide bonds. The van der Waals surface area contributed by atoms with E-state index < -0.39 is 10.0 Å². The first kappa shape index (κ1) is 22.3. The molecule has 0 spiro atoms. The fourth-order valence-electron chi connectivity index (χ4n) is 5.09. The highest BCUT2D eigenvalue weighted by molar-refractivity contribution is 7.89. The molecule has 3 aromatic carbocycles. The van der Waals surface area contributed by atoms with Gasteiger partial charge in [0, 0.05) is 37.6 Å². The Hall–Kier alpha value is -2.48. The van der Waals surface area contributed by atoms with Gasteiger partial charge in [-0.25, -0.2) is 12.8 Å². The number of sulfonamides is 1. The molecule has 0 atom stereocenters. The van der Waals surface area contributed by atoms with Crippen molar-refractivity contribution in [2.24, 2.45) is 0 Å². The molecule has 0 N–H and O–H groups in total. The minimum atomic E-state index is -3.53. The Morgan fingerprint density at radius 3 is 2.21 bits per heavy atom. The fraction of sp³-hybridized carbons (Fsp3) is 0.385. The van der Waals surface area contributed by atoms with E-state index in [9.17, 15) is 12.8 Å². The zero-order valence-corrected chi connectivity index (χ0v) is 19.4. The Morgan fingerprint density at radius 1 is 0.788 bits per heavy atom. The summed E-state index contributed by atoms with van der Waals surface area (Å²) in [6.45, 7) is 2.84. The van der Waals surface area contributed by atoms with E-state index in [0.717, 1.165) is 49.5 Å². The molecule has 2 aliphatic heterocycles. The van der Waals surface area contributed by atoms with Gasteiger partial charge in [-0.3, -0.25) is 0 Å². The van der Waals surface area contributed by atoms with Gasteiger partial charge in [-0.1, -0.05) is 48.5 Å². The molecule has 0 aliphatic carbocycles. The summed E-state index contributed by atoms with van der Waals surface area (Å²) in [5, 5.41) is 1.72. The van der Waals surface area contributed by atoms with E-state index in [1.807, 2.05) is 36.4 Å². The summed E-state index contributed by atoms with van der Waals surface area (Å²) in [5.74, 6) is 0.00241. The summed E-state index contributed by atoms with van der Waals surface area (Å²) < 4.78 is 48.2. The maximum absolute atomic E-state index is 13.9. The molecule has 0 unspecified atom stereocenters. The molecular weight excluding hydrogens is 439 g/mol. The van der Waals surface area contributed by atoms with Crippen molar-refractivity contribution in [1.29, 1.82) is 0 Å². The lowest BCUT2D eigenvalue weighted by Crippen LogP contribution is -2.50. The zero-order valence-electron chi connectivity index (χ0n) is 18.6. The van der Waals surface area contributed by atoms with Gasteiger partial charge in [-0.2, -0.15) is 4.31 Å². The Kier molecular flexibility index (Phi) is 6.36. The SMILES string of the molecule is O=S(=O)(c1cccc2ccccc12)N1CCC(N2CCC(Oc3ccccc3F)CC2)CC1. The van der Waals surface area contributed by atoms with E-state index in [-0.39, 0.29) is 11.9 Å². The zero-order chi connectivity index (χ0) is 22.8. The Labute approximate surface area is 194 Å². The molecule has 2 saturated heterocycles. The van der Waals surface area contributed by atoms with Crippen LogP contribution in [0.5, 0.6) is 5.75 Å². The quantitative estimate of drug-likeness (QED) is 0.546. The van der Waals surface area contributed by atoms with Gasteiger partial charge >= 0.3 is 0 Å². The van der Waals surface area contributed by atoms with Gasteiger partial charge in [0.15, 0.2) is 11.6 Å². The first-order valence-electron chi connectivity index (χ1n) is 11.7. The van der Waals surface area contributed by atoms with Crippen LogP contribution in [0.3, 0.4) is 0 Å². The lowest BCUT2D eigenvalue weighted by Gasteiger charge is -2.41. The van der Waals surface area contributed by atoms with Crippen LogP contribution in [0.4, 0.5) is 4.39 Å². The number of likely N-dealkylation sites (tertiary alicyclic amines) is 1. The van der Waals surface area contributed by atoms with Crippen molar-refractivity contribution in [2.45, 2.75) is 42.7 Å². The van der Waals surface area contributed by atoms with Crippen molar-refractivity contribution in [3.63, 3.8) is 0 Å². The molecular formula is C26H29FN2O3S. The molecule has 0 bridgehead atoms. The fourth-order valence-corrected chi connectivity index (χ4v) is 6.77. The maximum Gasteiger partial charge on any atom is 0.243 e. The highest BCUT2D eigenvalue weighted by atomic mass is 32.2. The first-order chi connectivity index (χ1) is 16.0. The van der Waals surface area contributed by atoms with Gasteiger partial charge in [-0.15, -0.1) is 0 Å². The number of hydrogen-bond donors (Lipinski definition) is 0. The highest BCUT2D eigenvalue weighted by Gasteiger charge is 2.34. The van der Waals surface area contributed by atoms with Crippen LogP contribution in [-0.2, 0) is 10.0 Å². The van der Waals surface area contributed by atoms with Gasteiger partial charge in [0.05, 0.1) is 4.90 Å². The number of rotatable bonds is 5. The third-order valence-electron chi connectivity index (χ3n) is 6.91. The molecule has 5 nitrogen and oxygen atoms in total. The van der Waals surface area contributed by atoms with Crippen LogP contribution in [0.15, 0.2) is 71.6 Å². The Balaban J connectivity index is 1.18. The Morgan fingerprint density at radius 2 is 1.45 bits per heavy atom. The predicted molar refractivity (Wildman–Crippen MR) is 127 cm³/mol. The van der Waals surface area contributed by atoms with E-state index in [0.29, 0.717) is 29.8 Å². The van der Waals surface area contributed by atoms with Crippen molar-refractivity contribution >= 4 is 20.8 Å². The van der Waals surface area contributed by atoms with E-state index in [1.165, 1.54) is 6.07 Å². The van der Waals surface area contributed by atoms with Gasteiger partial charge < -0.3 is 9.64 Å². The summed E-state index contributed by atoms with van der Waals surface area (Å²) in [6, 6.07) is 20.0. The standard InChI is InChI=1S/C26H29FN2O3S/c27-24-9-3-4-10-25(24)32-22-14-16-28(17-15-22)21-12-18-29(19-13-21)33(30,31)26-11-5-7-20-6-1-2-8-23(20)26/h1-11,21-22H,12-19H2.